The van der Waals surface area contributed by atoms with Gasteiger partial charge in [0.15, 0.2) is 5.69 Å². The Hall–Kier alpha value is -3.67. The topological polar surface area (TPSA) is 68.3 Å². The summed E-state index contributed by atoms with van der Waals surface area (Å²) in [6.45, 7) is 0.386. The molecule has 1 amide bonds. The van der Waals surface area contributed by atoms with Crippen molar-refractivity contribution < 1.29 is 9.21 Å². The highest BCUT2D eigenvalue weighted by Crippen LogP contribution is 2.30. The maximum absolute atomic E-state index is 13.6. The Balaban J connectivity index is 1.66. The van der Waals surface area contributed by atoms with Gasteiger partial charge in [-0.15, -0.1) is 0 Å². The molecule has 0 spiro atoms. The van der Waals surface area contributed by atoms with Gasteiger partial charge in [0, 0.05) is 11.4 Å². The summed E-state index contributed by atoms with van der Waals surface area (Å²) in [7, 11) is 0. The van der Waals surface area contributed by atoms with E-state index in [0.717, 1.165) is 18.6 Å². The lowest BCUT2D eigenvalue weighted by Crippen LogP contribution is -2.35. The second-order valence-corrected chi connectivity index (χ2v) is 7.19. The molecule has 1 aliphatic carbocycles. The van der Waals surface area contributed by atoms with Gasteiger partial charge in [-0.1, -0.05) is 36.4 Å². The van der Waals surface area contributed by atoms with Gasteiger partial charge in [0.05, 0.1) is 23.9 Å². The van der Waals surface area contributed by atoms with E-state index in [1.807, 2.05) is 36.4 Å². The number of carbonyl (C=O) groups is 1. The maximum atomic E-state index is 13.6. The van der Waals surface area contributed by atoms with Gasteiger partial charge in [-0.25, -0.2) is 0 Å². The molecule has 2 aromatic carbocycles. The number of hydrogen-bond donors (Lipinski definition) is 0. The van der Waals surface area contributed by atoms with Crippen LogP contribution in [0, 0.1) is 0 Å². The number of nitrogens with zero attached hydrogens (tertiary/aromatic N) is 3. The molecule has 0 N–H and O–H groups in total. The normalized spacial score (nSPS) is 13.5. The largest absolute Gasteiger partial charge is 0.467 e. The molecule has 0 atom stereocenters. The molecule has 1 fully saturated rings. The van der Waals surface area contributed by atoms with Crippen molar-refractivity contribution in [2.24, 2.45) is 0 Å². The van der Waals surface area contributed by atoms with Gasteiger partial charge in [-0.05, 0) is 43.2 Å². The molecule has 0 aliphatic heterocycles. The van der Waals surface area contributed by atoms with Crippen molar-refractivity contribution in [3.63, 3.8) is 0 Å². The summed E-state index contributed by atoms with van der Waals surface area (Å²) in [4.78, 5) is 28.4. The van der Waals surface area contributed by atoms with Gasteiger partial charge in [-0.2, -0.15) is 9.78 Å². The third kappa shape index (κ3) is 3.23. The van der Waals surface area contributed by atoms with Crippen molar-refractivity contribution in [3.8, 4) is 5.69 Å². The smallest absolute Gasteiger partial charge is 0.279 e. The van der Waals surface area contributed by atoms with Crippen LogP contribution in [-0.2, 0) is 6.54 Å². The Morgan fingerprint density at radius 1 is 1.00 bits per heavy atom. The minimum atomic E-state index is -0.243. The molecule has 1 aliphatic rings. The van der Waals surface area contributed by atoms with Crippen molar-refractivity contribution in [2.75, 3.05) is 0 Å². The Morgan fingerprint density at radius 3 is 2.41 bits per heavy atom. The summed E-state index contributed by atoms with van der Waals surface area (Å²) in [5.74, 6) is 0.538. The average molecular weight is 385 g/mol. The van der Waals surface area contributed by atoms with Crippen LogP contribution >= 0.6 is 0 Å². The van der Waals surface area contributed by atoms with Crippen LogP contribution in [0.25, 0.3) is 16.5 Å². The van der Waals surface area contributed by atoms with Crippen LogP contribution in [0.5, 0.6) is 0 Å². The minimum Gasteiger partial charge on any atom is -0.467 e. The average Bonchev–Trinajstić information content (AvgIpc) is 3.48. The fourth-order valence-electron chi connectivity index (χ4n) is 3.55. The molecular formula is C23H19N3O3. The monoisotopic (exact) mass is 385 g/mol. The minimum absolute atomic E-state index is 0.172. The van der Waals surface area contributed by atoms with Crippen LogP contribution < -0.4 is 5.56 Å². The standard InChI is InChI=1S/C23H19N3O3/c27-22-20-11-5-4-10-19(20)21(24-26(22)17-7-2-1-3-8-17)23(28)25(16-12-13-16)15-18-9-6-14-29-18/h1-11,14,16H,12-13,15H2. The van der Waals surface area contributed by atoms with Gasteiger partial charge < -0.3 is 9.32 Å². The molecule has 144 valence electrons. The lowest BCUT2D eigenvalue weighted by atomic mass is 10.1. The van der Waals surface area contributed by atoms with E-state index in [2.05, 4.69) is 5.10 Å². The molecular weight excluding hydrogens is 366 g/mol. The van der Waals surface area contributed by atoms with Crippen molar-refractivity contribution in [1.29, 1.82) is 0 Å². The third-order valence-corrected chi connectivity index (χ3v) is 5.16. The highest BCUT2D eigenvalue weighted by Gasteiger charge is 2.35. The SMILES string of the molecule is O=C(c1nn(-c2ccccc2)c(=O)c2ccccc12)N(Cc1ccco1)C1CC1. The summed E-state index contributed by atoms with van der Waals surface area (Å²) in [5, 5.41) is 5.56. The fourth-order valence-corrected chi connectivity index (χ4v) is 3.55. The number of furan rings is 1. The Morgan fingerprint density at radius 2 is 1.72 bits per heavy atom. The highest BCUT2D eigenvalue weighted by molar-refractivity contribution is 6.05. The van der Waals surface area contributed by atoms with Gasteiger partial charge in [-0.3, -0.25) is 9.59 Å². The Labute approximate surface area is 167 Å². The Bertz CT molecular complexity index is 1230. The molecule has 5 rings (SSSR count). The highest BCUT2D eigenvalue weighted by atomic mass is 16.3. The molecule has 0 saturated heterocycles. The number of amides is 1. The quantitative estimate of drug-likeness (QED) is 0.524. The van der Waals surface area contributed by atoms with Crippen LogP contribution in [-0.4, -0.2) is 26.6 Å². The molecule has 0 bridgehead atoms. The van der Waals surface area contributed by atoms with Gasteiger partial charge >= 0.3 is 0 Å². The lowest BCUT2D eigenvalue weighted by molar-refractivity contribution is 0.0712. The van der Waals surface area contributed by atoms with Crippen molar-refractivity contribution >= 4 is 16.7 Å². The number of rotatable bonds is 5. The molecule has 1 saturated carbocycles. The zero-order chi connectivity index (χ0) is 19.8. The van der Waals surface area contributed by atoms with E-state index in [1.54, 1.807) is 41.5 Å². The first kappa shape index (κ1) is 17.4. The number of carbonyl (C=O) groups excluding carboxylic acids is 1. The number of benzene rings is 2. The van der Waals surface area contributed by atoms with Gasteiger partial charge in [0.1, 0.15) is 5.76 Å². The van der Waals surface area contributed by atoms with E-state index >= 15 is 0 Å². The first-order chi connectivity index (χ1) is 14.2. The molecule has 2 aromatic heterocycles. The second kappa shape index (κ2) is 7.05. The molecule has 6 heteroatoms. The summed E-state index contributed by atoms with van der Waals surface area (Å²) >= 11 is 0. The lowest BCUT2D eigenvalue weighted by Gasteiger charge is -2.22. The van der Waals surface area contributed by atoms with E-state index in [9.17, 15) is 9.59 Å². The fraction of sp³-hybridized carbons (Fsp3) is 0.174. The maximum Gasteiger partial charge on any atom is 0.279 e. The molecule has 0 radical (unpaired) electrons. The van der Waals surface area contributed by atoms with Crippen LogP contribution in [0.4, 0.5) is 0 Å². The summed E-state index contributed by atoms with van der Waals surface area (Å²) < 4.78 is 6.77. The second-order valence-electron chi connectivity index (χ2n) is 7.19. The predicted octanol–water partition coefficient (Wildman–Crippen LogP) is 3.78. The predicted molar refractivity (Wildman–Crippen MR) is 109 cm³/mol. The van der Waals surface area contributed by atoms with Gasteiger partial charge in [0.25, 0.3) is 11.5 Å². The number of fused-ring (bicyclic) bond motifs is 1. The first-order valence-electron chi connectivity index (χ1n) is 9.63. The summed E-state index contributed by atoms with van der Waals surface area (Å²) in [6.07, 6.45) is 3.53. The number of aromatic nitrogens is 2. The number of para-hydroxylation sites is 1. The summed E-state index contributed by atoms with van der Waals surface area (Å²) in [5.41, 5.74) is 0.663. The summed E-state index contributed by atoms with van der Waals surface area (Å²) in [6, 6.07) is 20.2. The van der Waals surface area contributed by atoms with Gasteiger partial charge in [0.2, 0.25) is 0 Å². The molecule has 6 nitrogen and oxygen atoms in total. The third-order valence-electron chi connectivity index (χ3n) is 5.16. The van der Waals surface area contributed by atoms with Crippen LogP contribution in [0.3, 0.4) is 0 Å². The van der Waals surface area contributed by atoms with Crippen LogP contribution in [0.15, 0.2) is 82.2 Å². The zero-order valence-corrected chi connectivity index (χ0v) is 15.7. The van der Waals surface area contributed by atoms with Crippen LogP contribution in [0.2, 0.25) is 0 Å². The zero-order valence-electron chi connectivity index (χ0n) is 15.7. The molecule has 0 unspecified atom stereocenters. The first-order valence-corrected chi connectivity index (χ1v) is 9.63. The molecule has 2 heterocycles. The molecule has 4 aromatic rings. The van der Waals surface area contributed by atoms with Crippen molar-refractivity contribution in [2.45, 2.75) is 25.4 Å². The van der Waals surface area contributed by atoms with E-state index in [-0.39, 0.29) is 23.2 Å². The van der Waals surface area contributed by atoms with E-state index in [1.165, 1.54) is 4.68 Å². The molecule has 29 heavy (non-hydrogen) atoms. The Kier molecular flexibility index (Phi) is 4.24. The van der Waals surface area contributed by atoms with E-state index in [0.29, 0.717) is 23.0 Å². The van der Waals surface area contributed by atoms with Crippen LogP contribution in [0.1, 0.15) is 29.1 Å². The van der Waals surface area contributed by atoms with E-state index < -0.39 is 0 Å². The van der Waals surface area contributed by atoms with Crippen molar-refractivity contribution in [1.82, 2.24) is 14.7 Å². The van der Waals surface area contributed by atoms with Crippen molar-refractivity contribution in [3.05, 3.63) is 94.8 Å². The number of hydrogen-bond acceptors (Lipinski definition) is 4. The van der Waals surface area contributed by atoms with E-state index in [4.69, 9.17) is 4.42 Å².